The Morgan fingerprint density at radius 2 is 2.13 bits per heavy atom. The van der Waals surface area contributed by atoms with Crippen LogP contribution in [0.5, 0.6) is 5.75 Å². The predicted octanol–water partition coefficient (Wildman–Crippen LogP) is 2.13. The van der Waals surface area contributed by atoms with E-state index in [0.717, 1.165) is 24.0 Å². The molecule has 1 aromatic rings. The number of methoxy groups -OCH3 is 1. The summed E-state index contributed by atoms with van der Waals surface area (Å²) in [6.07, 6.45) is 2.13. The molecular weight excluding hydrogens is 193 g/mol. The quantitative estimate of drug-likeness (QED) is 0.827. The van der Waals surface area contributed by atoms with E-state index in [0.29, 0.717) is 12.3 Å². The Morgan fingerprint density at radius 1 is 1.47 bits per heavy atom. The summed E-state index contributed by atoms with van der Waals surface area (Å²) in [7, 11) is 1.48. The molecule has 1 aliphatic carbocycles. The van der Waals surface area contributed by atoms with Crippen molar-refractivity contribution in [1.29, 1.82) is 0 Å². The number of halogens is 1. The van der Waals surface area contributed by atoms with Gasteiger partial charge in [-0.15, -0.1) is 0 Å². The first-order valence-electron chi connectivity index (χ1n) is 5.17. The molecule has 0 heterocycles. The smallest absolute Gasteiger partial charge is 0.165 e. The average molecular weight is 209 g/mol. The van der Waals surface area contributed by atoms with Crippen molar-refractivity contribution < 1.29 is 9.13 Å². The lowest BCUT2D eigenvalue weighted by Crippen LogP contribution is -2.21. The predicted molar refractivity (Wildman–Crippen MR) is 57.7 cm³/mol. The summed E-state index contributed by atoms with van der Waals surface area (Å²) in [4.78, 5) is 0. The van der Waals surface area contributed by atoms with Gasteiger partial charge in [0.25, 0.3) is 0 Å². The van der Waals surface area contributed by atoms with Crippen LogP contribution < -0.4 is 10.5 Å². The van der Waals surface area contributed by atoms with Crippen molar-refractivity contribution >= 4 is 0 Å². The molecule has 0 radical (unpaired) electrons. The second kappa shape index (κ2) is 3.49. The van der Waals surface area contributed by atoms with Crippen molar-refractivity contribution in [3.8, 4) is 5.75 Å². The van der Waals surface area contributed by atoms with Crippen LogP contribution in [0.25, 0.3) is 0 Å². The molecule has 1 aliphatic rings. The largest absolute Gasteiger partial charge is 0.494 e. The van der Waals surface area contributed by atoms with Crippen LogP contribution in [-0.2, 0) is 5.41 Å². The van der Waals surface area contributed by atoms with Crippen LogP contribution in [-0.4, -0.2) is 13.7 Å². The molecular formula is C12H16FNO. The summed E-state index contributed by atoms with van der Waals surface area (Å²) in [5.41, 5.74) is 7.89. The molecule has 0 aromatic heterocycles. The van der Waals surface area contributed by atoms with Gasteiger partial charge in [-0.25, -0.2) is 4.39 Å². The van der Waals surface area contributed by atoms with E-state index < -0.39 is 0 Å². The van der Waals surface area contributed by atoms with Crippen LogP contribution in [0.1, 0.15) is 24.0 Å². The third-order valence-corrected chi connectivity index (χ3v) is 3.31. The number of hydrogen-bond acceptors (Lipinski definition) is 2. The normalized spacial score (nSPS) is 17.6. The van der Waals surface area contributed by atoms with Crippen LogP contribution in [0.15, 0.2) is 12.1 Å². The van der Waals surface area contributed by atoms with E-state index in [2.05, 4.69) is 0 Å². The van der Waals surface area contributed by atoms with Gasteiger partial charge in [-0.1, -0.05) is 0 Å². The fourth-order valence-electron chi connectivity index (χ4n) is 2.12. The van der Waals surface area contributed by atoms with Gasteiger partial charge in [0.05, 0.1) is 7.11 Å². The Hall–Kier alpha value is -1.09. The Bertz CT molecular complexity index is 385. The average Bonchev–Trinajstić information content (AvgIpc) is 3.01. The van der Waals surface area contributed by atoms with Crippen molar-refractivity contribution in [2.75, 3.05) is 13.7 Å². The first-order valence-corrected chi connectivity index (χ1v) is 5.17. The molecule has 1 aromatic carbocycles. The molecule has 2 rings (SSSR count). The van der Waals surface area contributed by atoms with E-state index in [1.165, 1.54) is 7.11 Å². The van der Waals surface area contributed by atoms with Crippen molar-refractivity contribution in [3.05, 3.63) is 29.1 Å². The Balaban J connectivity index is 2.45. The fraction of sp³-hybridized carbons (Fsp3) is 0.500. The lowest BCUT2D eigenvalue weighted by Gasteiger charge is -2.17. The highest BCUT2D eigenvalue weighted by Gasteiger charge is 2.44. The van der Waals surface area contributed by atoms with Crippen LogP contribution in [0.3, 0.4) is 0 Å². The third kappa shape index (κ3) is 1.61. The molecule has 0 amide bonds. The monoisotopic (exact) mass is 209 g/mol. The van der Waals surface area contributed by atoms with E-state index in [1.807, 2.05) is 6.92 Å². The first kappa shape index (κ1) is 10.4. The SMILES string of the molecule is COc1cc(C)c(C2(CN)CC2)cc1F. The zero-order valence-corrected chi connectivity index (χ0v) is 9.14. The van der Waals surface area contributed by atoms with Gasteiger partial charge in [0.2, 0.25) is 0 Å². The summed E-state index contributed by atoms with van der Waals surface area (Å²) in [5.74, 6) is 0.0156. The van der Waals surface area contributed by atoms with Crippen molar-refractivity contribution in [3.63, 3.8) is 0 Å². The lowest BCUT2D eigenvalue weighted by atomic mass is 9.91. The summed E-state index contributed by atoms with van der Waals surface area (Å²) in [6, 6.07) is 3.33. The van der Waals surface area contributed by atoms with Gasteiger partial charge in [0.15, 0.2) is 11.6 Å². The second-order valence-electron chi connectivity index (χ2n) is 4.29. The van der Waals surface area contributed by atoms with Gasteiger partial charge in [0, 0.05) is 12.0 Å². The fourth-order valence-corrected chi connectivity index (χ4v) is 2.12. The van der Waals surface area contributed by atoms with Crippen molar-refractivity contribution in [2.45, 2.75) is 25.2 Å². The van der Waals surface area contributed by atoms with Gasteiger partial charge in [0.1, 0.15) is 0 Å². The molecule has 0 aliphatic heterocycles. The maximum absolute atomic E-state index is 13.6. The third-order valence-electron chi connectivity index (χ3n) is 3.31. The molecule has 82 valence electrons. The highest BCUT2D eigenvalue weighted by molar-refractivity contribution is 5.43. The maximum Gasteiger partial charge on any atom is 0.165 e. The Labute approximate surface area is 89.2 Å². The van der Waals surface area contributed by atoms with Crippen LogP contribution >= 0.6 is 0 Å². The number of nitrogens with two attached hydrogens (primary N) is 1. The van der Waals surface area contributed by atoms with Gasteiger partial charge < -0.3 is 10.5 Å². The summed E-state index contributed by atoms with van der Waals surface area (Å²) < 4.78 is 18.5. The summed E-state index contributed by atoms with van der Waals surface area (Å²) >= 11 is 0. The van der Waals surface area contributed by atoms with Gasteiger partial charge in [-0.3, -0.25) is 0 Å². The Kier molecular flexibility index (Phi) is 2.43. The highest BCUT2D eigenvalue weighted by atomic mass is 19.1. The molecule has 1 fully saturated rings. The first-order chi connectivity index (χ1) is 7.13. The second-order valence-corrected chi connectivity index (χ2v) is 4.29. The number of hydrogen-bond donors (Lipinski definition) is 1. The van der Waals surface area contributed by atoms with Gasteiger partial charge >= 0.3 is 0 Å². The van der Waals surface area contributed by atoms with Crippen LogP contribution in [0.4, 0.5) is 4.39 Å². The summed E-state index contributed by atoms with van der Waals surface area (Å²) in [5, 5.41) is 0. The van der Waals surface area contributed by atoms with Gasteiger partial charge in [-0.05, 0) is 43.0 Å². The highest BCUT2D eigenvalue weighted by Crippen LogP contribution is 2.49. The minimum Gasteiger partial charge on any atom is -0.494 e. The van der Waals surface area contributed by atoms with Gasteiger partial charge in [-0.2, -0.15) is 0 Å². The molecule has 0 unspecified atom stereocenters. The number of ether oxygens (including phenoxy) is 1. The standard InChI is InChI=1S/C12H16FNO/c1-8-5-11(15-2)10(13)6-9(8)12(7-14)3-4-12/h5-6H,3-4,7,14H2,1-2H3. The maximum atomic E-state index is 13.6. The molecule has 2 nitrogen and oxygen atoms in total. The van der Waals surface area contributed by atoms with E-state index in [4.69, 9.17) is 10.5 Å². The molecule has 3 heteroatoms. The van der Waals surface area contributed by atoms with E-state index >= 15 is 0 Å². The molecule has 0 atom stereocenters. The molecule has 2 N–H and O–H groups in total. The summed E-state index contributed by atoms with van der Waals surface area (Å²) in [6.45, 7) is 2.58. The zero-order valence-electron chi connectivity index (χ0n) is 9.14. The molecule has 1 saturated carbocycles. The Morgan fingerprint density at radius 3 is 2.60 bits per heavy atom. The molecule has 0 spiro atoms. The zero-order chi connectivity index (χ0) is 11.1. The van der Waals surface area contributed by atoms with Crippen molar-refractivity contribution in [1.82, 2.24) is 0 Å². The minimum atomic E-state index is -0.294. The van der Waals surface area contributed by atoms with Crippen LogP contribution in [0.2, 0.25) is 0 Å². The van der Waals surface area contributed by atoms with Crippen LogP contribution in [0, 0.1) is 12.7 Å². The molecule has 0 bridgehead atoms. The lowest BCUT2D eigenvalue weighted by molar-refractivity contribution is 0.385. The van der Waals surface area contributed by atoms with Crippen molar-refractivity contribution in [2.24, 2.45) is 5.73 Å². The van der Waals surface area contributed by atoms with E-state index in [1.54, 1.807) is 12.1 Å². The molecule has 15 heavy (non-hydrogen) atoms. The van der Waals surface area contributed by atoms with E-state index in [9.17, 15) is 4.39 Å². The number of benzene rings is 1. The number of aryl methyl sites for hydroxylation is 1. The topological polar surface area (TPSA) is 35.2 Å². The van der Waals surface area contributed by atoms with E-state index in [-0.39, 0.29) is 11.2 Å². The number of rotatable bonds is 3. The molecule has 0 saturated heterocycles. The minimum absolute atomic E-state index is 0.0389.